The van der Waals surface area contributed by atoms with Crippen LogP contribution in [0, 0.1) is 11.3 Å². The minimum Gasteiger partial charge on any atom is -0.497 e. The topological polar surface area (TPSA) is 74.1 Å². The van der Waals surface area contributed by atoms with Gasteiger partial charge in [-0.2, -0.15) is 5.26 Å². The van der Waals surface area contributed by atoms with Crippen molar-refractivity contribution < 1.29 is 4.74 Å². The summed E-state index contributed by atoms with van der Waals surface area (Å²) in [4.78, 5) is 11.1. The van der Waals surface area contributed by atoms with E-state index in [2.05, 4.69) is 26.3 Å². The van der Waals surface area contributed by atoms with Crippen LogP contribution < -0.4 is 15.0 Å². The lowest BCUT2D eigenvalue weighted by molar-refractivity contribution is 0.415. The Balaban J connectivity index is 1.58. The standard InChI is InChI=1S/C21H18ClN5O/c1-28-17-4-2-3-15(9-17)26-21-18-7-8-27(12-20(18)24-13-25-21)16-6-5-14(11-23)19(22)10-16/h2-6,9-10,13H,7-8,12H2,1H3,(H,24,25,26). The zero-order valence-electron chi connectivity index (χ0n) is 15.3. The number of methoxy groups -OCH3 is 1. The van der Waals surface area contributed by atoms with Gasteiger partial charge in [0.1, 0.15) is 24.0 Å². The summed E-state index contributed by atoms with van der Waals surface area (Å²) in [7, 11) is 1.65. The molecule has 28 heavy (non-hydrogen) atoms. The number of aromatic nitrogens is 2. The molecule has 1 aliphatic rings. The second kappa shape index (κ2) is 7.75. The summed E-state index contributed by atoms with van der Waals surface area (Å²) in [6.07, 6.45) is 2.39. The van der Waals surface area contributed by atoms with E-state index in [4.69, 9.17) is 21.6 Å². The van der Waals surface area contributed by atoms with Crippen LogP contribution in [0.5, 0.6) is 5.75 Å². The van der Waals surface area contributed by atoms with Crippen molar-refractivity contribution in [2.24, 2.45) is 0 Å². The largest absolute Gasteiger partial charge is 0.497 e. The van der Waals surface area contributed by atoms with Gasteiger partial charge in [-0.25, -0.2) is 9.97 Å². The van der Waals surface area contributed by atoms with E-state index in [1.54, 1.807) is 19.5 Å². The molecule has 0 spiro atoms. The Bertz CT molecular complexity index is 1060. The average molecular weight is 392 g/mol. The first-order valence-corrected chi connectivity index (χ1v) is 9.24. The molecule has 0 saturated carbocycles. The van der Waals surface area contributed by atoms with Gasteiger partial charge in [0.15, 0.2) is 0 Å². The van der Waals surface area contributed by atoms with Crippen LogP contribution in [-0.2, 0) is 13.0 Å². The molecule has 0 radical (unpaired) electrons. The number of rotatable bonds is 4. The lowest BCUT2D eigenvalue weighted by Gasteiger charge is -2.31. The molecule has 0 aliphatic carbocycles. The van der Waals surface area contributed by atoms with E-state index in [1.165, 1.54) is 0 Å². The van der Waals surface area contributed by atoms with Crippen molar-refractivity contribution in [3.63, 3.8) is 0 Å². The number of nitrogens with one attached hydrogen (secondary N) is 1. The molecule has 0 atom stereocenters. The van der Waals surface area contributed by atoms with Crippen LogP contribution in [0.4, 0.5) is 17.2 Å². The average Bonchev–Trinajstić information content (AvgIpc) is 2.73. The fourth-order valence-corrected chi connectivity index (χ4v) is 3.53. The third-order valence-corrected chi connectivity index (χ3v) is 5.09. The maximum Gasteiger partial charge on any atom is 0.137 e. The number of fused-ring (bicyclic) bond motifs is 1. The highest BCUT2D eigenvalue weighted by atomic mass is 35.5. The Morgan fingerprint density at radius 3 is 2.89 bits per heavy atom. The molecule has 4 rings (SSSR count). The number of nitrogens with zero attached hydrogens (tertiary/aromatic N) is 4. The highest BCUT2D eigenvalue weighted by Gasteiger charge is 2.22. The smallest absolute Gasteiger partial charge is 0.137 e. The SMILES string of the molecule is COc1cccc(Nc2ncnc3c2CCN(c2ccc(C#N)c(Cl)c2)C3)c1. The van der Waals surface area contributed by atoms with Crippen molar-refractivity contribution in [3.05, 3.63) is 70.6 Å². The highest BCUT2D eigenvalue weighted by Crippen LogP contribution is 2.30. The molecule has 0 amide bonds. The molecule has 1 aliphatic heterocycles. The lowest BCUT2D eigenvalue weighted by Crippen LogP contribution is -2.31. The molecule has 0 bridgehead atoms. The van der Waals surface area contributed by atoms with Crippen LogP contribution >= 0.6 is 11.6 Å². The third-order valence-electron chi connectivity index (χ3n) is 4.78. The Morgan fingerprint density at radius 1 is 1.21 bits per heavy atom. The molecular weight excluding hydrogens is 374 g/mol. The molecule has 140 valence electrons. The van der Waals surface area contributed by atoms with Crippen LogP contribution in [0.15, 0.2) is 48.8 Å². The normalized spacial score (nSPS) is 12.8. The Hall–Kier alpha value is -3.30. The molecule has 7 heteroatoms. The van der Waals surface area contributed by atoms with Crippen LogP contribution in [0.1, 0.15) is 16.8 Å². The monoisotopic (exact) mass is 391 g/mol. The van der Waals surface area contributed by atoms with Crippen molar-refractivity contribution in [1.82, 2.24) is 9.97 Å². The Kier molecular flexibility index (Phi) is 5.00. The molecular formula is C21H18ClN5O. The van der Waals surface area contributed by atoms with Gasteiger partial charge >= 0.3 is 0 Å². The number of hydrogen-bond donors (Lipinski definition) is 1. The molecule has 0 fully saturated rings. The van der Waals surface area contributed by atoms with Gasteiger partial charge in [0.25, 0.3) is 0 Å². The van der Waals surface area contributed by atoms with Crippen molar-refractivity contribution in [3.8, 4) is 11.8 Å². The van der Waals surface area contributed by atoms with Crippen molar-refractivity contribution in [1.29, 1.82) is 5.26 Å². The van der Waals surface area contributed by atoms with Gasteiger partial charge in [-0.15, -0.1) is 0 Å². The fraction of sp³-hybridized carbons (Fsp3) is 0.190. The second-order valence-electron chi connectivity index (χ2n) is 6.45. The van der Waals surface area contributed by atoms with Gasteiger partial charge < -0.3 is 15.0 Å². The van der Waals surface area contributed by atoms with Crippen molar-refractivity contribution >= 4 is 28.8 Å². The zero-order valence-corrected chi connectivity index (χ0v) is 16.1. The first-order chi connectivity index (χ1) is 13.7. The zero-order chi connectivity index (χ0) is 19.5. The minimum atomic E-state index is 0.467. The van der Waals surface area contributed by atoms with E-state index in [-0.39, 0.29) is 0 Å². The lowest BCUT2D eigenvalue weighted by atomic mass is 10.0. The van der Waals surface area contributed by atoms with Crippen molar-refractivity contribution in [2.45, 2.75) is 13.0 Å². The van der Waals surface area contributed by atoms with Gasteiger partial charge in [-0.3, -0.25) is 0 Å². The summed E-state index contributed by atoms with van der Waals surface area (Å²) in [5.41, 5.74) is 4.47. The molecule has 0 unspecified atom stereocenters. The molecule has 6 nitrogen and oxygen atoms in total. The molecule has 0 saturated heterocycles. The summed E-state index contributed by atoms with van der Waals surface area (Å²) >= 11 is 6.19. The summed E-state index contributed by atoms with van der Waals surface area (Å²) in [5.74, 6) is 1.60. The van der Waals surface area contributed by atoms with E-state index in [1.807, 2.05) is 36.4 Å². The number of nitriles is 1. The third kappa shape index (κ3) is 3.57. The second-order valence-corrected chi connectivity index (χ2v) is 6.86. The summed E-state index contributed by atoms with van der Waals surface area (Å²) in [6.45, 7) is 1.47. The minimum absolute atomic E-state index is 0.467. The highest BCUT2D eigenvalue weighted by molar-refractivity contribution is 6.32. The van der Waals surface area contributed by atoms with E-state index >= 15 is 0 Å². The summed E-state index contributed by atoms with van der Waals surface area (Å²) in [5, 5.41) is 12.9. The molecule has 1 aromatic heterocycles. The van der Waals surface area contributed by atoms with Crippen molar-refractivity contribution in [2.75, 3.05) is 23.9 Å². The van der Waals surface area contributed by atoms with E-state index in [9.17, 15) is 0 Å². The molecule has 2 aromatic carbocycles. The van der Waals surface area contributed by atoms with Crippen LogP contribution in [0.25, 0.3) is 0 Å². The van der Waals surface area contributed by atoms with Gasteiger partial charge in [0, 0.05) is 29.5 Å². The Labute approximate surface area is 168 Å². The number of benzene rings is 2. The predicted octanol–water partition coefficient (Wildman–Crippen LogP) is 4.32. The number of anilines is 3. The molecule has 1 N–H and O–H groups in total. The number of halogens is 1. The number of ether oxygens (including phenoxy) is 1. The summed E-state index contributed by atoms with van der Waals surface area (Å²) < 4.78 is 5.28. The van der Waals surface area contributed by atoms with E-state index in [0.717, 1.165) is 47.2 Å². The van der Waals surface area contributed by atoms with E-state index < -0.39 is 0 Å². The maximum atomic E-state index is 9.05. The van der Waals surface area contributed by atoms with Gasteiger partial charge in [-0.1, -0.05) is 17.7 Å². The van der Waals surface area contributed by atoms with Gasteiger partial charge in [0.2, 0.25) is 0 Å². The first kappa shape index (κ1) is 18.1. The van der Waals surface area contributed by atoms with Gasteiger partial charge in [-0.05, 0) is 36.8 Å². The van der Waals surface area contributed by atoms with Gasteiger partial charge in [0.05, 0.1) is 29.9 Å². The van der Waals surface area contributed by atoms with E-state index in [0.29, 0.717) is 17.1 Å². The Morgan fingerprint density at radius 2 is 2.11 bits per heavy atom. The van der Waals surface area contributed by atoms with Crippen LogP contribution in [-0.4, -0.2) is 23.6 Å². The maximum absolute atomic E-state index is 9.05. The predicted molar refractivity (Wildman–Crippen MR) is 109 cm³/mol. The van der Waals surface area contributed by atoms with Crippen LogP contribution in [0.2, 0.25) is 5.02 Å². The van der Waals surface area contributed by atoms with Crippen LogP contribution in [0.3, 0.4) is 0 Å². The quantitative estimate of drug-likeness (QED) is 0.714. The fourth-order valence-electron chi connectivity index (χ4n) is 3.31. The first-order valence-electron chi connectivity index (χ1n) is 8.86. The number of hydrogen-bond acceptors (Lipinski definition) is 6. The summed E-state index contributed by atoms with van der Waals surface area (Å²) in [6, 6.07) is 15.4. The molecule has 3 aromatic rings. The molecule has 2 heterocycles.